The molecular weight excluding hydrogens is 354 g/mol. The van der Waals surface area contributed by atoms with Crippen molar-refractivity contribution in [1.29, 1.82) is 0 Å². The number of carbonyl (C=O) groups excluding carboxylic acids is 1. The monoisotopic (exact) mass is 381 g/mol. The Morgan fingerprint density at radius 1 is 1.04 bits per heavy atom. The quantitative estimate of drug-likeness (QED) is 0.710. The van der Waals surface area contributed by atoms with Crippen LogP contribution in [0.15, 0.2) is 33.5 Å². The summed E-state index contributed by atoms with van der Waals surface area (Å²) in [5.74, 6) is -0.209. The number of para-hydroxylation sites is 1. The van der Waals surface area contributed by atoms with Crippen LogP contribution in [-0.4, -0.2) is 43.5 Å². The third kappa shape index (κ3) is 4.77. The van der Waals surface area contributed by atoms with Gasteiger partial charge in [0.25, 0.3) is 0 Å². The third-order valence-corrected chi connectivity index (χ3v) is 4.39. The van der Waals surface area contributed by atoms with Crippen molar-refractivity contribution >= 4 is 40.7 Å². The lowest BCUT2D eigenvalue weighted by Gasteiger charge is -2.25. The van der Waals surface area contributed by atoms with Crippen molar-refractivity contribution in [2.24, 2.45) is 0 Å². The summed E-state index contributed by atoms with van der Waals surface area (Å²) in [5, 5.41) is 3.61. The number of halogens is 1. The maximum atomic E-state index is 12.5. The molecule has 1 N–H and O–H groups in total. The van der Waals surface area contributed by atoms with Crippen LogP contribution in [0.1, 0.15) is 27.7 Å². The molecule has 144 valence electrons. The zero-order valence-electron chi connectivity index (χ0n) is 15.9. The number of amides is 1. The molecule has 26 heavy (non-hydrogen) atoms. The van der Waals surface area contributed by atoms with Crippen LogP contribution in [0.3, 0.4) is 0 Å². The Morgan fingerprint density at radius 2 is 1.65 bits per heavy atom. The van der Waals surface area contributed by atoms with Crippen molar-refractivity contribution < 1.29 is 9.21 Å². The molecule has 0 saturated carbocycles. The lowest BCUT2D eigenvalue weighted by molar-refractivity contribution is -0.117. The summed E-state index contributed by atoms with van der Waals surface area (Å²) in [6.07, 6.45) is 0. The zero-order valence-corrected chi connectivity index (χ0v) is 16.7. The van der Waals surface area contributed by atoms with Gasteiger partial charge in [-0.15, -0.1) is 12.4 Å². The second kappa shape index (κ2) is 10.2. The van der Waals surface area contributed by atoms with E-state index in [1.165, 1.54) is 0 Å². The average molecular weight is 382 g/mol. The molecule has 0 saturated heterocycles. The number of hydrogen-bond acceptors (Lipinski definition) is 5. The van der Waals surface area contributed by atoms with Crippen molar-refractivity contribution in [3.8, 4) is 0 Å². The SMILES string of the molecule is CCN(CC)CC(=O)Nc1c(N(CC)CC)c2ccccc2oc1=O.Cl. The Hall–Kier alpha value is -2.05. The number of hydrogen-bond donors (Lipinski definition) is 1. The van der Waals surface area contributed by atoms with Crippen LogP contribution >= 0.6 is 12.4 Å². The van der Waals surface area contributed by atoms with E-state index < -0.39 is 5.63 Å². The standard InChI is InChI=1S/C19H27N3O3.ClH/c1-5-21(6-2)13-16(23)20-17-18(22(7-3)8-4)14-11-9-10-12-15(14)25-19(17)24;/h9-12H,5-8,13H2,1-4H3,(H,20,23);1H. The average Bonchev–Trinajstić information content (AvgIpc) is 2.62. The summed E-state index contributed by atoms with van der Waals surface area (Å²) in [7, 11) is 0. The molecule has 7 heteroatoms. The lowest BCUT2D eigenvalue weighted by Crippen LogP contribution is -2.35. The fourth-order valence-electron chi connectivity index (χ4n) is 2.94. The maximum Gasteiger partial charge on any atom is 0.362 e. The van der Waals surface area contributed by atoms with Crippen LogP contribution < -0.4 is 15.8 Å². The van der Waals surface area contributed by atoms with Crippen molar-refractivity contribution in [1.82, 2.24) is 4.90 Å². The van der Waals surface area contributed by atoms with Gasteiger partial charge in [0.1, 0.15) is 5.58 Å². The number of carbonyl (C=O) groups is 1. The molecule has 0 bridgehead atoms. The number of nitrogens with one attached hydrogen (secondary N) is 1. The second-order valence-corrected chi connectivity index (χ2v) is 5.79. The van der Waals surface area contributed by atoms with E-state index in [0.717, 1.165) is 37.3 Å². The highest BCUT2D eigenvalue weighted by molar-refractivity contribution is 6.03. The second-order valence-electron chi connectivity index (χ2n) is 5.79. The number of likely N-dealkylation sites (N-methyl/N-ethyl adjacent to an activating group) is 1. The minimum absolute atomic E-state index is 0. The van der Waals surface area contributed by atoms with Gasteiger partial charge in [-0.1, -0.05) is 26.0 Å². The minimum Gasteiger partial charge on any atom is -0.421 e. The van der Waals surface area contributed by atoms with E-state index in [4.69, 9.17) is 4.42 Å². The summed E-state index contributed by atoms with van der Waals surface area (Å²) < 4.78 is 5.42. The van der Waals surface area contributed by atoms with Crippen molar-refractivity contribution in [2.75, 3.05) is 42.9 Å². The molecule has 0 fully saturated rings. The lowest BCUT2D eigenvalue weighted by atomic mass is 10.1. The molecule has 0 atom stereocenters. The first-order chi connectivity index (χ1) is 12.0. The highest BCUT2D eigenvalue weighted by Crippen LogP contribution is 2.32. The largest absolute Gasteiger partial charge is 0.421 e. The Labute approximate surface area is 160 Å². The van der Waals surface area contributed by atoms with Gasteiger partial charge in [0.2, 0.25) is 5.91 Å². The normalized spacial score (nSPS) is 10.7. The first-order valence-electron chi connectivity index (χ1n) is 8.88. The molecule has 0 aliphatic heterocycles. The van der Waals surface area contributed by atoms with Gasteiger partial charge in [-0.3, -0.25) is 9.69 Å². The van der Waals surface area contributed by atoms with Crippen molar-refractivity contribution in [3.05, 3.63) is 34.7 Å². The summed E-state index contributed by atoms with van der Waals surface area (Å²) in [4.78, 5) is 29.0. The highest BCUT2D eigenvalue weighted by atomic mass is 35.5. The topological polar surface area (TPSA) is 65.8 Å². The van der Waals surface area contributed by atoms with Crippen LogP contribution in [0.25, 0.3) is 11.0 Å². The molecule has 1 heterocycles. The van der Waals surface area contributed by atoms with Gasteiger partial charge in [0, 0.05) is 18.5 Å². The van der Waals surface area contributed by atoms with E-state index in [1.807, 2.05) is 50.8 Å². The molecule has 0 unspecified atom stereocenters. The molecule has 1 aromatic carbocycles. The van der Waals surface area contributed by atoms with Gasteiger partial charge in [-0.05, 0) is 39.1 Å². The minimum atomic E-state index is -0.520. The third-order valence-electron chi connectivity index (χ3n) is 4.39. The molecular formula is C19H28ClN3O3. The summed E-state index contributed by atoms with van der Waals surface area (Å²) in [6.45, 7) is 11.3. The highest BCUT2D eigenvalue weighted by Gasteiger charge is 2.20. The van der Waals surface area contributed by atoms with E-state index in [1.54, 1.807) is 6.07 Å². The van der Waals surface area contributed by atoms with E-state index in [2.05, 4.69) is 10.2 Å². The van der Waals surface area contributed by atoms with Crippen LogP contribution in [0, 0.1) is 0 Å². The van der Waals surface area contributed by atoms with Gasteiger partial charge in [-0.2, -0.15) is 0 Å². The number of nitrogens with zero attached hydrogens (tertiary/aromatic N) is 2. The molecule has 6 nitrogen and oxygen atoms in total. The first-order valence-corrected chi connectivity index (χ1v) is 8.88. The van der Waals surface area contributed by atoms with Crippen molar-refractivity contribution in [3.63, 3.8) is 0 Å². The van der Waals surface area contributed by atoms with Crippen LogP contribution in [-0.2, 0) is 4.79 Å². The van der Waals surface area contributed by atoms with E-state index in [-0.39, 0.29) is 30.5 Å². The van der Waals surface area contributed by atoms with E-state index in [0.29, 0.717) is 5.58 Å². The fraction of sp³-hybridized carbons (Fsp3) is 0.474. The van der Waals surface area contributed by atoms with Gasteiger partial charge >= 0.3 is 5.63 Å². The van der Waals surface area contributed by atoms with Crippen LogP contribution in [0.4, 0.5) is 11.4 Å². The van der Waals surface area contributed by atoms with Gasteiger partial charge in [-0.25, -0.2) is 4.79 Å². The zero-order chi connectivity index (χ0) is 18.4. The Kier molecular flexibility index (Phi) is 8.61. The van der Waals surface area contributed by atoms with Crippen molar-refractivity contribution in [2.45, 2.75) is 27.7 Å². The number of benzene rings is 1. The number of fused-ring (bicyclic) bond motifs is 1. The summed E-state index contributed by atoms with van der Waals surface area (Å²) in [6, 6.07) is 7.41. The van der Waals surface area contributed by atoms with E-state index >= 15 is 0 Å². The molecule has 0 aliphatic carbocycles. The maximum absolute atomic E-state index is 12.5. The van der Waals surface area contributed by atoms with Gasteiger partial charge in [0.15, 0.2) is 5.69 Å². The number of rotatable bonds is 8. The molecule has 1 amide bonds. The fourth-order valence-corrected chi connectivity index (χ4v) is 2.94. The molecule has 0 aliphatic rings. The molecule has 1 aromatic heterocycles. The molecule has 2 aromatic rings. The summed E-state index contributed by atoms with van der Waals surface area (Å²) in [5.41, 5.74) is 0.953. The Balaban J connectivity index is 0.00000338. The summed E-state index contributed by atoms with van der Waals surface area (Å²) >= 11 is 0. The molecule has 0 radical (unpaired) electrons. The first kappa shape index (κ1) is 22.0. The number of anilines is 2. The Morgan fingerprint density at radius 3 is 2.23 bits per heavy atom. The molecule has 0 spiro atoms. The predicted molar refractivity (Wildman–Crippen MR) is 110 cm³/mol. The predicted octanol–water partition coefficient (Wildman–Crippen LogP) is 3.34. The van der Waals surface area contributed by atoms with Gasteiger partial charge in [0.05, 0.1) is 12.2 Å². The van der Waals surface area contributed by atoms with E-state index in [9.17, 15) is 9.59 Å². The molecule has 2 rings (SSSR count). The van der Waals surface area contributed by atoms with Crippen LogP contribution in [0.2, 0.25) is 0 Å². The smallest absolute Gasteiger partial charge is 0.362 e. The van der Waals surface area contributed by atoms with Crippen LogP contribution in [0.5, 0.6) is 0 Å². The Bertz CT molecular complexity index is 783. The van der Waals surface area contributed by atoms with Gasteiger partial charge < -0.3 is 14.6 Å².